The molecule has 3 N–H and O–H groups in total. The number of amides is 2. The number of ketones is 1. The van der Waals surface area contributed by atoms with E-state index in [-0.39, 0.29) is 17.9 Å². The summed E-state index contributed by atoms with van der Waals surface area (Å²) >= 11 is 0. The van der Waals surface area contributed by atoms with Crippen molar-refractivity contribution in [2.24, 2.45) is 5.92 Å². The Hall–Kier alpha value is -4.26. The van der Waals surface area contributed by atoms with Crippen LogP contribution in [0, 0.1) is 5.92 Å². The summed E-state index contributed by atoms with van der Waals surface area (Å²) in [5, 5.41) is 18.3. The van der Waals surface area contributed by atoms with Gasteiger partial charge in [0.25, 0.3) is 0 Å². The number of carbonyl (C=O) groups is 2. The highest BCUT2D eigenvalue weighted by Crippen LogP contribution is 2.53. The van der Waals surface area contributed by atoms with Crippen molar-refractivity contribution < 1.29 is 14.7 Å². The smallest absolute Gasteiger partial charge is 0.315 e. The lowest BCUT2D eigenvalue weighted by atomic mass is 9.81. The molecule has 2 bridgehead atoms. The number of hydrogen-bond donors (Lipinski definition) is 3. The van der Waals surface area contributed by atoms with E-state index in [1.54, 1.807) is 0 Å². The van der Waals surface area contributed by atoms with E-state index in [9.17, 15) is 14.7 Å². The van der Waals surface area contributed by atoms with Crippen LogP contribution in [0.1, 0.15) is 102 Å². The number of fused-ring (bicyclic) bond motifs is 5. The van der Waals surface area contributed by atoms with Crippen molar-refractivity contribution in [3.05, 3.63) is 143 Å². The van der Waals surface area contributed by atoms with Crippen molar-refractivity contribution in [3.8, 4) is 0 Å². The minimum atomic E-state index is -1.36. The predicted molar refractivity (Wildman–Crippen MR) is 190 cm³/mol. The molecule has 6 nitrogen and oxygen atoms in total. The Morgan fingerprint density at radius 1 is 0.771 bits per heavy atom. The summed E-state index contributed by atoms with van der Waals surface area (Å²) in [4.78, 5) is 29.0. The summed E-state index contributed by atoms with van der Waals surface area (Å²) in [6, 6.07) is 35.8. The molecule has 0 aromatic heterocycles. The average Bonchev–Trinajstić information content (AvgIpc) is 3.67. The van der Waals surface area contributed by atoms with Crippen LogP contribution in [0.25, 0.3) is 0 Å². The summed E-state index contributed by atoms with van der Waals surface area (Å²) in [7, 11) is 0. The number of nitrogens with one attached hydrogen (secondary N) is 2. The van der Waals surface area contributed by atoms with Gasteiger partial charge in [0.15, 0.2) is 5.78 Å². The van der Waals surface area contributed by atoms with Crippen molar-refractivity contribution in [3.63, 3.8) is 0 Å². The number of hydrogen-bond acceptors (Lipinski definition) is 4. The van der Waals surface area contributed by atoms with Gasteiger partial charge < -0.3 is 15.7 Å². The van der Waals surface area contributed by atoms with Crippen LogP contribution in [-0.2, 0) is 12.0 Å². The summed E-state index contributed by atoms with van der Waals surface area (Å²) in [5.74, 6) is 0.840. The number of nitrogens with zero attached hydrogens (tertiary/aromatic N) is 1. The maximum absolute atomic E-state index is 13.2. The first-order chi connectivity index (χ1) is 23.4. The van der Waals surface area contributed by atoms with Crippen LogP contribution < -0.4 is 10.6 Å². The van der Waals surface area contributed by atoms with Gasteiger partial charge in [-0.05, 0) is 98.2 Å². The van der Waals surface area contributed by atoms with Crippen LogP contribution in [-0.4, -0.2) is 40.4 Å². The Kier molecular flexibility index (Phi) is 9.47. The molecule has 0 spiro atoms. The molecule has 1 saturated heterocycles. The zero-order valence-electron chi connectivity index (χ0n) is 27.9. The lowest BCUT2D eigenvalue weighted by Crippen LogP contribution is -2.54. The monoisotopic (exact) mass is 641 g/mol. The molecule has 248 valence electrons. The first kappa shape index (κ1) is 32.3. The first-order valence-electron chi connectivity index (χ1n) is 17.8. The van der Waals surface area contributed by atoms with E-state index in [1.807, 2.05) is 104 Å². The van der Waals surface area contributed by atoms with E-state index in [0.717, 1.165) is 60.9 Å². The SMILES string of the molecule is CC(NC(=O)NC1CCC(CCN2[C@@H]3CC[C@H]2c2ccc(C(=O)Cc4ccccc4)cc23)CC1)C(O)(c1ccccc1)c1ccccc1. The molecule has 2 aliphatic heterocycles. The molecule has 4 aromatic rings. The van der Waals surface area contributed by atoms with Gasteiger partial charge in [0.05, 0.1) is 6.04 Å². The third-order valence-corrected chi connectivity index (χ3v) is 11.2. The quantitative estimate of drug-likeness (QED) is 0.146. The lowest BCUT2D eigenvalue weighted by Gasteiger charge is -2.36. The van der Waals surface area contributed by atoms with Gasteiger partial charge in [-0.3, -0.25) is 9.69 Å². The molecular formula is C42H47N3O3. The van der Waals surface area contributed by atoms with Gasteiger partial charge in [0, 0.05) is 30.1 Å². The summed E-state index contributed by atoms with van der Waals surface area (Å²) in [6.45, 7) is 2.94. The number of carbonyl (C=O) groups excluding carboxylic acids is 2. The zero-order chi connectivity index (χ0) is 33.1. The predicted octanol–water partition coefficient (Wildman–Crippen LogP) is 7.88. The molecule has 2 amide bonds. The number of aliphatic hydroxyl groups is 1. The highest BCUT2D eigenvalue weighted by atomic mass is 16.3. The van der Waals surface area contributed by atoms with E-state index in [0.29, 0.717) is 24.4 Å². The zero-order valence-corrected chi connectivity index (χ0v) is 27.9. The van der Waals surface area contributed by atoms with Crippen molar-refractivity contribution in [2.45, 2.75) is 88.1 Å². The fraction of sp³-hybridized carbons (Fsp3) is 0.381. The summed E-state index contributed by atoms with van der Waals surface area (Å²) in [6.07, 6.45) is 8.11. The molecular weight excluding hydrogens is 594 g/mol. The summed E-state index contributed by atoms with van der Waals surface area (Å²) in [5.41, 5.74) is 4.81. The van der Waals surface area contributed by atoms with Crippen LogP contribution in [0.5, 0.6) is 0 Å². The largest absolute Gasteiger partial charge is 0.378 e. The van der Waals surface area contributed by atoms with E-state index < -0.39 is 11.6 Å². The van der Waals surface area contributed by atoms with Crippen molar-refractivity contribution >= 4 is 11.8 Å². The second-order valence-corrected chi connectivity index (χ2v) is 14.1. The minimum absolute atomic E-state index is 0.133. The lowest BCUT2D eigenvalue weighted by molar-refractivity contribution is 0.0470. The molecule has 6 heteroatoms. The Bertz CT molecular complexity index is 1660. The number of urea groups is 1. The molecule has 3 aliphatic rings. The Labute approximate surface area is 284 Å². The fourth-order valence-corrected chi connectivity index (χ4v) is 8.57. The van der Waals surface area contributed by atoms with Gasteiger partial charge >= 0.3 is 6.03 Å². The van der Waals surface area contributed by atoms with E-state index in [4.69, 9.17) is 0 Å². The molecule has 48 heavy (non-hydrogen) atoms. The molecule has 1 aliphatic carbocycles. The first-order valence-corrected chi connectivity index (χ1v) is 17.8. The topological polar surface area (TPSA) is 81.7 Å². The molecule has 7 rings (SSSR count). The van der Waals surface area contributed by atoms with Crippen LogP contribution in [0.3, 0.4) is 0 Å². The second-order valence-electron chi connectivity index (χ2n) is 14.1. The normalized spacial score (nSPS) is 22.5. The molecule has 1 unspecified atom stereocenters. The van der Waals surface area contributed by atoms with Crippen LogP contribution in [0.2, 0.25) is 0 Å². The Morgan fingerprint density at radius 3 is 1.98 bits per heavy atom. The van der Waals surface area contributed by atoms with E-state index in [2.05, 4.69) is 27.7 Å². The van der Waals surface area contributed by atoms with Crippen molar-refractivity contribution in [2.75, 3.05) is 6.54 Å². The van der Waals surface area contributed by atoms with Gasteiger partial charge in [-0.25, -0.2) is 4.79 Å². The van der Waals surface area contributed by atoms with E-state index in [1.165, 1.54) is 24.0 Å². The fourth-order valence-electron chi connectivity index (χ4n) is 8.57. The highest BCUT2D eigenvalue weighted by molar-refractivity contribution is 5.97. The van der Waals surface area contributed by atoms with Gasteiger partial charge in [-0.1, -0.05) is 103 Å². The van der Waals surface area contributed by atoms with Crippen molar-refractivity contribution in [1.29, 1.82) is 0 Å². The van der Waals surface area contributed by atoms with Crippen LogP contribution in [0.15, 0.2) is 109 Å². The van der Waals surface area contributed by atoms with Gasteiger partial charge in [0.2, 0.25) is 0 Å². The summed E-state index contributed by atoms with van der Waals surface area (Å²) < 4.78 is 0. The molecule has 0 radical (unpaired) electrons. The Balaban J connectivity index is 0.897. The molecule has 3 atom stereocenters. The number of Topliss-reactive ketones (excluding diaryl/α,β-unsaturated/α-hetero) is 1. The molecule has 1 saturated carbocycles. The van der Waals surface area contributed by atoms with Crippen LogP contribution >= 0.6 is 0 Å². The molecule has 4 aromatic carbocycles. The highest BCUT2D eigenvalue weighted by Gasteiger charge is 2.44. The maximum Gasteiger partial charge on any atom is 0.315 e. The average molecular weight is 642 g/mol. The standard InChI is InChI=1S/C42H47N3O3/c1-29(42(48,33-13-7-3-8-14-33)34-15-9-4-10-16-34)43-41(47)44-35-20-17-30(18-21-35)25-26-45-38-23-24-39(45)37-28-32(19-22-36(37)38)40(46)27-31-11-5-2-6-12-31/h2-16,19,22,28-30,35,38-39,48H,17-18,20-21,23-27H2,1H3,(H2,43,44,47)/t29?,30?,35?,38-,39+/m0/s1. The third kappa shape index (κ3) is 6.56. The van der Waals surface area contributed by atoms with Crippen molar-refractivity contribution in [1.82, 2.24) is 15.5 Å². The molecule has 2 heterocycles. The number of benzene rings is 4. The molecule has 2 fully saturated rings. The van der Waals surface area contributed by atoms with Gasteiger partial charge in [0.1, 0.15) is 5.60 Å². The van der Waals surface area contributed by atoms with E-state index >= 15 is 0 Å². The van der Waals surface area contributed by atoms with Gasteiger partial charge in [-0.2, -0.15) is 0 Å². The maximum atomic E-state index is 13.2. The number of rotatable bonds is 11. The minimum Gasteiger partial charge on any atom is -0.378 e. The van der Waals surface area contributed by atoms with Gasteiger partial charge in [-0.15, -0.1) is 0 Å². The second kappa shape index (κ2) is 14.1. The Morgan fingerprint density at radius 2 is 1.35 bits per heavy atom. The van der Waals surface area contributed by atoms with Crippen LogP contribution in [0.4, 0.5) is 4.79 Å². The third-order valence-electron chi connectivity index (χ3n) is 11.2.